The molecule has 0 bridgehead atoms. The highest BCUT2D eigenvalue weighted by atomic mass is 15.1. The first-order valence-corrected chi connectivity index (χ1v) is 6.02. The lowest BCUT2D eigenvalue weighted by atomic mass is 10.1. The molecular weight excluding hydrogens is 186 g/mol. The zero-order valence-electron chi connectivity index (χ0n) is 9.74. The van der Waals surface area contributed by atoms with Crippen LogP contribution in [0, 0.1) is 5.92 Å². The van der Waals surface area contributed by atoms with Crippen LogP contribution in [0.3, 0.4) is 0 Å². The third kappa shape index (κ3) is 2.81. The molecule has 2 rings (SSSR count). The normalized spacial score (nSPS) is 18.0. The first kappa shape index (κ1) is 10.7. The molecule has 0 radical (unpaired) electrons. The summed E-state index contributed by atoms with van der Waals surface area (Å²) in [6.45, 7) is 6.39. The van der Waals surface area contributed by atoms with Gasteiger partial charge in [0.25, 0.3) is 0 Å². The molecular formula is C12H21N3. The van der Waals surface area contributed by atoms with Crippen LogP contribution in [-0.2, 0) is 6.54 Å². The second kappa shape index (κ2) is 4.79. The highest BCUT2D eigenvalue weighted by Gasteiger charge is 2.24. The summed E-state index contributed by atoms with van der Waals surface area (Å²) in [7, 11) is 0. The maximum atomic E-state index is 4.25. The van der Waals surface area contributed by atoms with Crippen LogP contribution in [0.15, 0.2) is 12.5 Å². The molecule has 0 saturated heterocycles. The van der Waals surface area contributed by atoms with Gasteiger partial charge in [-0.05, 0) is 25.8 Å². The minimum Gasteiger partial charge on any atom is -0.331 e. The summed E-state index contributed by atoms with van der Waals surface area (Å²) in [5.41, 5.74) is 1.31. The van der Waals surface area contributed by atoms with Gasteiger partial charge in [-0.1, -0.05) is 19.8 Å². The van der Waals surface area contributed by atoms with Crippen molar-refractivity contribution in [2.45, 2.75) is 45.7 Å². The minimum absolute atomic E-state index is 0.605. The second-order valence-corrected chi connectivity index (χ2v) is 4.60. The standard InChI is InChI=1S/C12H21N3/c1-3-13-7-12-8-14-9-15(12)10(2)6-11-4-5-11/h8-11,13H,3-7H2,1-2H3. The Hall–Kier alpha value is -0.830. The van der Waals surface area contributed by atoms with Gasteiger partial charge in [0.2, 0.25) is 0 Å². The van der Waals surface area contributed by atoms with Crippen LogP contribution >= 0.6 is 0 Å². The van der Waals surface area contributed by atoms with E-state index in [1.807, 2.05) is 12.5 Å². The fourth-order valence-corrected chi connectivity index (χ4v) is 2.07. The van der Waals surface area contributed by atoms with Gasteiger partial charge in [-0.3, -0.25) is 0 Å². The van der Waals surface area contributed by atoms with E-state index in [9.17, 15) is 0 Å². The molecule has 1 aromatic heterocycles. The van der Waals surface area contributed by atoms with Crippen molar-refractivity contribution < 1.29 is 0 Å². The van der Waals surface area contributed by atoms with E-state index in [0.717, 1.165) is 19.0 Å². The number of imidazole rings is 1. The Morgan fingerprint density at radius 1 is 1.60 bits per heavy atom. The van der Waals surface area contributed by atoms with Gasteiger partial charge in [0.05, 0.1) is 12.0 Å². The summed E-state index contributed by atoms with van der Waals surface area (Å²) in [4.78, 5) is 4.25. The molecule has 1 unspecified atom stereocenters. The van der Waals surface area contributed by atoms with Crippen molar-refractivity contribution in [1.29, 1.82) is 0 Å². The molecule has 1 aromatic rings. The zero-order valence-corrected chi connectivity index (χ0v) is 9.74. The molecule has 3 heteroatoms. The summed E-state index contributed by atoms with van der Waals surface area (Å²) < 4.78 is 2.32. The Kier molecular flexibility index (Phi) is 3.41. The van der Waals surface area contributed by atoms with Crippen molar-refractivity contribution in [3.63, 3.8) is 0 Å². The fourth-order valence-electron chi connectivity index (χ4n) is 2.07. The number of nitrogens with zero attached hydrogens (tertiary/aromatic N) is 2. The molecule has 15 heavy (non-hydrogen) atoms. The second-order valence-electron chi connectivity index (χ2n) is 4.60. The Balaban J connectivity index is 1.95. The third-order valence-electron chi connectivity index (χ3n) is 3.15. The van der Waals surface area contributed by atoms with Crippen molar-refractivity contribution in [3.05, 3.63) is 18.2 Å². The number of hydrogen-bond acceptors (Lipinski definition) is 2. The molecule has 1 N–H and O–H groups in total. The van der Waals surface area contributed by atoms with Gasteiger partial charge in [0.15, 0.2) is 0 Å². The molecule has 1 fully saturated rings. The number of rotatable bonds is 6. The van der Waals surface area contributed by atoms with Crippen LogP contribution in [0.4, 0.5) is 0 Å². The topological polar surface area (TPSA) is 29.9 Å². The van der Waals surface area contributed by atoms with Gasteiger partial charge < -0.3 is 9.88 Å². The van der Waals surface area contributed by atoms with Crippen LogP contribution in [0.5, 0.6) is 0 Å². The predicted octanol–water partition coefficient (Wildman–Crippen LogP) is 2.35. The highest BCUT2D eigenvalue weighted by molar-refractivity contribution is 5.00. The number of hydrogen-bond donors (Lipinski definition) is 1. The van der Waals surface area contributed by atoms with E-state index in [-0.39, 0.29) is 0 Å². The van der Waals surface area contributed by atoms with Crippen molar-refractivity contribution >= 4 is 0 Å². The maximum absolute atomic E-state index is 4.25. The highest BCUT2D eigenvalue weighted by Crippen LogP contribution is 2.36. The van der Waals surface area contributed by atoms with Gasteiger partial charge in [0.1, 0.15) is 0 Å². The summed E-state index contributed by atoms with van der Waals surface area (Å²) >= 11 is 0. The zero-order chi connectivity index (χ0) is 10.7. The van der Waals surface area contributed by atoms with Crippen LogP contribution in [0.1, 0.15) is 44.8 Å². The summed E-state index contributed by atoms with van der Waals surface area (Å²) in [5.74, 6) is 0.981. The van der Waals surface area contributed by atoms with Gasteiger partial charge in [-0.2, -0.15) is 0 Å². The smallest absolute Gasteiger partial charge is 0.0951 e. The molecule has 0 aromatic carbocycles. The van der Waals surface area contributed by atoms with Gasteiger partial charge in [0, 0.05) is 18.8 Å². The van der Waals surface area contributed by atoms with Crippen molar-refractivity contribution in [2.75, 3.05) is 6.54 Å². The lowest BCUT2D eigenvalue weighted by molar-refractivity contribution is 0.458. The van der Waals surface area contributed by atoms with E-state index < -0.39 is 0 Å². The van der Waals surface area contributed by atoms with Gasteiger partial charge in [-0.15, -0.1) is 0 Å². The Labute approximate surface area is 91.9 Å². The predicted molar refractivity (Wildman–Crippen MR) is 61.7 cm³/mol. The SMILES string of the molecule is CCNCc1cncn1C(C)CC1CC1. The van der Waals surface area contributed by atoms with E-state index in [1.54, 1.807) is 0 Å². The number of aromatic nitrogens is 2. The molecule has 1 atom stereocenters. The lowest BCUT2D eigenvalue weighted by Crippen LogP contribution is -2.17. The van der Waals surface area contributed by atoms with Gasteiger partial charge >= 0.3 is 0 Å². The molecule has 0 aliphatic heterocycles. The summed E-state index contributed by atoms with van der Waals surface area (Å²) in [5, 5.41) is 3.35. The van der Waals surface area contributed by atoms with Gasteiger partial charge in [-0.25, -0.2) is 4.98 Å². The van der Waals surface area contributed by atoms with E-state index >= 15 is 0 Å². The quantitative estimate of drug-likeness (QED) is 0.776. The lowest BCUT2D eigenvalue weighted by Gasteiger charge is -2.16. The van der Waals surface area contributed by atoms with Crippen molar-refractivity contribution in [1.82, 2.24) is 14.9 Å². The molecule has 3 nitrogen and oxygen atoms in total. The molecule has 0 amide bonds. The third-order valence-corrected chi connectivity index (χ3v) is 3.15. The summed E-state index contributed by atoms with van der Waals surface area (Å²) in [6.07, 6.45) is 8.13. The van der Waals surface area contributed by atoms with E-state index in [1.165, 1.54) is 25.0 Å². The number of nitrogens with one attached hydrogen (secondary N) is 1. The van der Waals surface area contributed by atoms with Crippen LogP contribution < -0.4 is 5.32 Å². The molecule has 1 aliphatic rings. The fraction of sp³-hybridized carbons (Fsp3) is 0.750. The Morgan fingerprint density at radius 3 is 3.07 bits per heavy atom. The average Bonchev–Trinajstić information content (AvgIpc) is 2.91. The average molecular weight is 207 g/mol. The van der Waals surface area contributed by atoms with Crippen LogP contribution in [0.25, 0.3) is 0 Å². The molecule has 1 saturated carbocycles. The largest absolute Gasteiger partial charge is 0.331 e. The van der Waals surface area contributed by atoms with E-state index in [0.29, 0.717) is 6.04 Å². The van der Waals surface area contributed by atoms with E-state index in [2.05, 4.69) is 28.7 Å². The Bertz CT molecular complexity index is 302. The maximum Gasteiger partial charge on any atom is 0.0951 e. The minimum atomic E-state index is 0.605. The van der Waals surface area contributed by atoms with Crippen LogP contribution in [-0.4, -0.2) is 16.1 Å². The molecule has 84 valence electrons. The first-order chi connectivity index (χ1) is 7.31. The van der Waals surface area contributed by atoms with Crippen molar-refractivity contribution in [2.24, 2.45) is 5.92 Å². The van der Waals surface area contributed by atoms with Crippen LogP contribution in [0.2, 0.25) is 0 Å². The summed E-state index contributed by atoms with van der Waals surface area (Å²) in [6, 6.07) is 0.605. The molecule has 1 aliphatic carbocycles. The molecule has 1 heterocycles. The van der Waals surface area contributed by atoms with E-state index in [4.69, 9.17) is 0 Å². The Morgan fingerprint density at radius 2 is 2.40 bits per heavy atom. The monoisotopic (exact) mass is 207 g/mol. The molecule has 0 spiro atoms. The van der Waals surface area contributed by atoms with Crippen molar-refractivity contribution in [3.8, 4) is 0 Å². The first-order valence-electron chi connectivity index (χ1n) is 6.02.